The lowest BCUT2D eigenvalue weighted by Gasteiger charge is -2.25. The smallest absolute Gasteiger partial charge is 0.252 e. The number of anilines is 1. The maximum absolute atomic E-state index is 12.1. The van der Waals surface area contributed by atoms with Gasteiger partial charge in [-0.1, -0.05) is 53.5 Å². The van der Waals surface area contributed by atoms with E-state index in [1.165, 1.54) is 6.20 Å². The Kier molecular flexibility index (Phi) is 4.24. The van der Waals surface area contributed by atoms with Crippen LogP contribution in [0.4, 0.5) is 5.82 Å². The second-order valence-corrected chi connectivity index (χ2v) is 6.35. The molecular formula is C14H11Cl2N3OS. The quantitative estimate of drug-likeness (QED) is 0.918. The van der Waals surface area contributed by atoms with Gasteiger partial charge in [0.2, 0.25) is 0 Å². The highest BCUT2D eigenvalue weighted by atomic mass is 35.5. The van der Waals surface area contributed by atoms with Crippen LogP contribution in [0.25, 0.3) is 0 Å². The molecule has 2 heterocycles. The summed E-state index contributed by atoms with van der Waals surface area (Å²) in [4.78, 5) is 16.2. The first-order valence-electron chi connectivity index (χ1n) is 6.21. The molecule has 2 aromatic rings. The van der Waals surface area contributed by atoms with E-state index in [4.69, 9.17) is 23.2 Å². The molecule has 0 bridgehead atoms. The highest BCUT2D eigenvalue weighted by Crippen LogP contribution is 2.39. The lowest BCUT2D eigenvalue weighted by atomic mass is 10.2. The summed E-state index contributed by atoms with van der Waals surface area (Å²) in [5.74, 6) is 0.817. The monoisotopic (exact) mass is 339 g/mol. The lowest BCUT2D eigenvalue weighted by Crippen LogP contribution is -2.34. The number of benzene rings is 1. The minimum atomic E-state index is -0.104. The number of hydrazine groups is 1. The third-order valence-corrected chi connectivity index (χ3v) is 4.69. The van der Waals surface area contributed by atoms with Crippen molar-refractivity contribution in [1.82, 2.24) is 9.99 Å². The first-order chi connectivity index (χ1) is 10.1. The van der Waals surface area contributed by atoms with Crippen molar-refractivity contribution in [3.8, 4) is 0 Å². The van der Waals surface area contributed by atoms with Gasteiger partial charge >= 0.3 is 0 Å². The standard InChI is InChI=1S/C14H11Cl2N3OS/c15-10-6-11(16)13(17-7-10)18-19-12(20)8-21-14(19)9-4-2-1-3-5-9/h1-7,14H,8H2,(H,17,18)/t14-/m1/s1. The fourth-order valence-corrected chi connectivity index (χ4v) is 3.55. The normalized spacial score (nSPS) is 18.1. The zero-order chi connectivity index (χ0) is 14.8. The zero-order valence-corrected chi connectivity index (χ0v) is 13.1. The number of thioether (sulfide) groups is 1. The van der Waals surface area contributed by atoms with Gasteiger partial charge in [0, 0.05) is 6.20 Å². The Balaban J connectivity index is 1.86. The molecule has 1 saturated heterocycles. The summed E-state index contributed by atoms with van der Waals surface area (Å²) in [5.41, 5.74) is 4.04. The number of nitrogens with one attached hydrogen (secondary N) is 1. The number of aromatic nitrogens is 1. The molecule has 1 N–H and O–H groups in total. The number of amides is 1. The van der Waals surface area contributed by atoms with Gasteiger partial charge in [0.25, 0.3) is 5.91 Å². The predicted octanol–water partition coefficient (Wildman–Crippen LogP) is 3.99. The Labute approximate surface area is 136 Å². The van der Waals surface area contributed by atoms with E-state index in [2.05, 4.69) is 10.4 Å². The van der Waals surface area contributed by atoms with Crippen molar-refractivity contribution in [2.75, 3.05) is 11.2 Å². The molecule has 4 nitrogen and oxygen atoms in total. The summed E-state index contributed by atoms with van der Waals surface area (Å²) in [7, 11) is 0. The van der Waals surface area contributed by atoms with Crippen LogP contribution in [-0.4, -0.2) is 21.7 Å². The van der Waals surface area contributed by atoms with Gasteiger partial charge in [0.15, 0.2) is 5.82 Å². The molecule has 1 fully saturated rings. The van der Waals surface area contributed by atoms with Crippen LogP contribution in [0.2, 0.25) is 10.0 Å². The number of nitrogens with zero attached hydrogens (tertiary/aromatic N) is 2. The number of hydrogen-bond acceptors (Lipinski definition) is 4. The van der Waals surface area contributed by atoms with Crippen molar-refractivity contribution in [1.29, 1.82) is 0 Å². The van der Waals surface area contributed by atoms with Crippen LogP contribution in [0.1, 0.15) is 10.9 Å². The summed E-state index contributed by atoms with van der Waals surface area (Å²) in [6.45, 7) is 0. The summed E-state index contributed by atoms with van der Waals surface area (Å²) in [6.07, 6.45) is 1.49. The molecule has 1 aliphatic heterocycles. The summed E-state index contributed by atoms with van der Waals surface area (Å²) in [6, 6.07) is 11.4. The Hall–Kier alpha value is -1.43. The number of hydrogen-bond donors (Lipinski definition) is 1. The van der Waals surface area contributed by atoms with E-state index < -0.39 is 0 Å². The van der Waals surface area contributed by atoms with Gasteiger partial charge in [0.1, 0.15) is 5.37 Å². The summed E-state index contributed by atoms with van der Waals surface area (Å²) >= 11 is 13.5. The molecule has 21 heavy (non-hydrogen) atoms. The maximum atomic E-state index is 12.1. The average molecular weight is 340 g/mol. The Morgan fingerprint density at radius 1 is 1.29 bits per heavy atom. The summed E-state index contributed by atoms with van der Waals surface area (Å²) < 4.78 is 0. The van der Waals surface area contributed by atoms with Crippen LogP contribution < -0.4 is 5.43 Å². The molecule has 1 atom stereocenters. The average Bonchev–Trinajstić information content (AvgIpc) is 2.84. The van der Waals surface area contributed by atoms with Crippen molar-refractivity contribution in [3.63, 3.8) is 0 Å². The number of rotatable bonds is 3. The molecule has 0 radical (unpaired) electrons. The van der Waals surface area contributed by atoms with E-state index in [-0.39, 0.29) is 11.3 Å². The van der Waals surface area contributed by atoms with E-state index in [0.717, 1.165) is 5.56 Å². The van der Waals surface area contributed by atoms with Crippen LogP contribution in [0, 0.1) is 0 Å². The van der Waals surface area contributed by atoms with Gasteiger partial charge < -0.3 is 0 Å². The molecule has 3 rings (SSSR count). The first kappa shape index (κ1) is 14.5. The van der Waals surface area contributed by atoms with Gasteiger partial charge in [-0.3, -0.25) is 10.2 Å². The lowest BCUT2D eigenvalue weighted by molar-refractivity contribution is -0.126. The Morgan fingerprint density at radius 2 is 2.05 bits per heavy atom. The fraction of sp³-hybridized carbons (Fsp3) is 0.143. The molecule has 7 heteroatoms. The first-order valence-corrected chi connectivity index (χ1v) is 8.02. The SMILES string of the molecule is O=C1CS[C@H](c2ccccc2)N1Nc1ncc(Cl)cc1Cl. The van der Waals surface area contributed by atoms with E-state index in [0.29, 0.717) is 21.6 Å². The molecule has 108 valence electrons. The molecule has 0 spiro atoms. The third kappa shape index (κ3) is 3.10. The second-order valence-electron chi connectivity index (χ2n) is 4.43. The van der Waals surface area contributed by atoms with Crippen molar-refractivity contribution >= 4 is 46.7 Å². The largest absolute Gasteiger partial charge is 0.277 e. The van der Waals surface area contributed by atoms with E-state index >= 15 is 0 Å². The zero-order valence-electron chi connectivity index (χ0n) is 10.8. The van der Waals surface area contributed by atoms with Crippen molar-refractivity contribution in [2.24, 2.45) is 0 Å². The van der Waals surface area contributed by atoms with Crippen LogP contribution in [0.3, 0.4) is 0 Å². The Morgan fingerprint density at radius 3 is 2.76 bits per heavy atom. The minimum Gasteiger partial charge on any atom is -0.277 e. The van der Waals surface area contributed by atoms with E-state index in [1.807, 2.05) is 30.3 Å². The molecule has 1 aliphatic rings. The van der Waals surface area contributed by atoms with Crippen LogP contribution in [0.15, 0.2) is 42.6 Å². The topological polar surface area (TPSA) is 45.2 Å². The Bertz CT molecular complexity index is 669. The summed E-state index contributed by atoms with van der Waals surface area (Å²) in [5, 5.41) is 2.28. The molecule has 0 aliphatic carbocycles. The highest BCUT2D eigenvalue weighted by molar-refractivity contribution is 8.00. The number of pyridine rings is 1. The van der Waals surface area contributed by atoms with Gasteiger partial charge in [-0.15, -0.1) is 11.8 Å². The molecule has 1 amide bonds. The minimum absolute atomic E-state index is 0.0123. The van der Waals surface area contributed by atoms with E-state index in [1.54, 1.807) is 22.8 Å². The molecule has 0 unspecified atom stereocenters. The third-order valence-electron chi connectivity index (χ3n) is 2.99. The van der Waals surface area contributed by atoms with Crippen LogP contribution >= 0.6 is 35.0 Å². The van der Waals surface area contributed by atoms with Gasteiger partial charge in [-0.25, -0.2) is 9.99 Å². The number of halogens is 2. The van der Waals surface area contributed by atoms with Gasteiger partial charge in [-0.2, -0.15) is 0 Å². The highest BCUT2D eigenvalue weighted by Gasteiger charge is 2.33. The molecule has 0 saturated carbocycles. The van der Waals surface area contributed by atoms with Crippen LogP contribution in [-0.2, 0) is 4.79 Å². The van der Waals surface area contributed by atoms with Gasteiger partial charge in [0.05, 0.1) is 15.8 Å². The fourth-order valence-electron chi connectivity index (χ4n) is 2.02. The predicted molar refractivity (Wildman–Crippen MR) is 86.4 cm³/mol. The maximum Gasteiger partial charge on any atom is 0.252 e. The second kappa shape index (κ2) is 6.13. The molecular weight excluding hydrogens is 329 g/mol. The number of carbonyl (C=O) groups excluding carboxylic acids is 1. The molecule has 1 aromatic carbocycles. The van der Waals surface area contributed by atoms with Gasteiger partial charge in [-0.05, 0) is 11.6 Å². The molecule has 1 aromatic heterocycles. The van der Waals surface area contributed by atoms with E-state index in [9.17, 15) is 4.79 Å². The van der Waals surface area contributed by atoms with Crippen LogP contribution in [0.5, 0.6) is 0 Å². The van der Waals surface area contributed by atoms with Crippen molar-refractivity contribution in [2.45, 2.75) is 5.37 Å². The van der Waals surface area contributed by atoms with Crippen molar-refractivity contribution in [3.05, 3.63) is 58.2 Å². The number of carbonyl (C=O) groups is 1. The van der Waals surface area contributed by atoms with Crippen molar-refractivity contribution < 1.29 is 4.79 Å².